The van der Waals surface area contributed by atoms with Crippen LogP contribution in [-0.4, -0.2) is 52.9 Å². The molecule has 0 aliphatic heterocycles. The molecular formula is C24H44O6S2. The van der Waals surface area contributed by atoms with Crippen LogP contribution in [0.15, 0.2) is 12.2 Å². The molecule has 188 valence electrons. The summed E-state index contributed by atoms with van der Waals surface area (Å²) < 4.78 is 21.7. The second kappa shape index (κ2) is 24.9. The van der Waals surface area contributed by atoms with Gasteiger partial charge in [0, 0.05) is 16.6 Å². The number of aliphatic carboxylic acids is 1. The number of hydrogen-bond acceptors (Lipinski definition) is 6. The van der Waals surface area contributed by atoms with Gasteiger partial charge in [-0.1, -0.05) is 70.4 Å². The molecule has 0 radical (unpaired) electrons. The molecule has 0 aliphatic rings. The second-order valence-corrected chi connectivity index (χ2v) is 11.2. The monoisotopic (exact) mass is 492 g/mol. The summed E-state index contributed by atoms with van der Waals surface area (Å²) in [7, 11) is -0.376. The van der Waals surface area contributed by atoms with Gasteiger partial charge in [0.2, 0.25) is 5.75 Å². The van der Waals surface area contributed by atoms with Crippen molar-refractivity contribution in [3.63, 3.8) is 0 Å². The van der Waals surface area contributed by atoms with Crippen LogP contribution in [0.5, 0.6) is 0 Å². The molecule has 0 aromatic rings. The van der Waals surface area contributed by atoms with Crippen LogP contribution in [0.4, 0.5) is 0 Å². The zero-order chi connectivity index (χ0) is 23.7. The molecule has 1 unspecified atom stereocenters. The minimum Gasteiger partial charge on any atom is -0.605 e. The highest BCUT2D eigenvalue weighted by Crippen LogP contribution is 2.12. The Morgan fingerprint density at radius 2 is 1.47 bits per heavy atom. The van der Waals surface area contributed by atoms with Crippen molar-refractivity contribution in [2.75, 3.05) is 31.3 Å². The predicted molar refractivity (Wildman–Crippen MR) is 134 cm³/mol. The third-order valence-corrected chi connectivity index (χ3v) is 7.54. The number of unbranched alkanes of at least 4 members (excludes halogenated alkanes) is 11. The van der Waals surface area contributed by atoms with Crippen LogP contribution >= 0.6 is 10.8 Å². The zero-order valence-electron chi connectivity index (χ0n) is 19.9. The lowest BCUT2D eigenvalue weighted by Crippen LogP contribution is -2.14. The minimum atomic E-state index is -1.43. The summed E-state index contributed by atoms with van der Waals surface area (Å²) in [6.45, 7) is 3.11. The van der Waals surface area contributed by atoms with Crippen molar-refractivity contribution in [1.82, 2.24) is 0 Å². The molecule has 8 heteroatoms. The molecule has 0 rings (SSSR count). The first kappa shape index (κ1) is 31.3. The number of ether oxygens (including phenoxy) is 2. The van der Waals surface area contributed by atoms with Crippen LogP contribution in [0.2, 0.25) is 0 Å². The largest absolute Gasteiger partial charge is 0.605 e. The Labute approximate surface area is 201 Å². The number of carbonyl (C=O) groups excluding carboxylic acids is 1. The lowest BCUT2D eigenvalue weighted by atomic mass is 10.1. The van der Waals surface area contributed by atoms with Crippen molar-refractivity contribution in [3.8, 4) is 0 Å². The standard InChI is InChI=1S/C24H44O6S2/c1-2-3-4-5-6-7-8-9-10-11-12-13-14-15-16-17-24(27)30-19-18-29-20-21-31-32(28)22-23(25)26/h9-10H,2-8,11-22H2,1H3,(H,25,26)/b10-9-. The molecule has 0 bridgehead atoms. The smallest absolute Gasteiger partial charge is 0.355 e. The maximum absolute atomic E-state index is 11.7. The van der Waals surface area contributed by atoms with E-state index in [1.807, 2.05) is 0 Å². The van der Waals surface area contributed by atoms with E-state index >= 15 is 0 Å². The van der Waals surface area contributed by atoms with Gasteiger partial charge in [-0.2, -0.15) is 0 Å². The number of carbonyl (C=O) groups is 2. The molecule has 0 aliphatic carbocycles. The number of allylic oxidation sites excluding steroid dienone is 2. The van der Waals surface area contributed by atoms with Gasteiger partial charge in [0.15, 0.2) is 0 Å². The topological polar surface area (TPSA) is 95.9 Å². The van der Waals surface area contributed by atoms with Crippen LogP contribution in [0, 0.1) is 0 Å². The summed E-state index contributed by atoms with van der Waals surface area (Å²) in [6, 6.07) is 0. The Morgan fingerprint density at radius 1 is 0.875 bits per heavy atom. The molecule has 6 nitrogen and oxygen atoms in total. The van der Waals surface area contributed by atoms with Crippen LogP contribution in [0.3, 0.4) is 0 Å². The van der Waals surface area contributed by atoms with Crippen molar-refractivity contribution in [2.24, 2.45) is 0 Å². The number of hydrogen-bond donors (Lipinski definition) is 1. The first-order chi connectivity index (χ1) is 15.6. The molecule has 0 amide bonds. The number of rotatable bonds is 24. The van der Waals surface area contributed by atoms with E-state index in [4.69, 9.17) is 14.6 Å². The number of carboxylic acid groups (broad SMARTS) is 1. The molecule has 0 saturated carbocycles. The number of esters is 1. The fourth-order valence-corrected chi connectivity index (χ4v) is 5.03. The highest BCUT2D eigenvalue weighted by atomic mass is 33.1. The molecule has 0 saturated heterocycles. The first-order valence-electron chi connectivity index (χ1n) is 12.2. The quantitative estimate of drug-likeness (QED) is 0.0574. The number of carboxylic acids is 1. The van der Waals surface area contributed by atoms with E-state index in [1.54, 1.807) is 0 Å². The summed E-state index contributed by atoms with van der Waals surface area (Å²) in [5, 5.41) is 8.50. The Bertz CT molecular complexity index is 473. The van der Waals surface area contributed by atoms with Gasteiger partial charge in [0.25, 0.3) is 0 Å². The normalized spacial score (nSPS) is 12.3. The summed E-state index contributed by atoms with van der Waals surface area (Å²) in [4.78, 5) is 22.1. The van der Waals surface area contributed by atoms with E-state index in [0.717, 1.165) is 36.5 Å². The zero-order valence-corrected chi connectivity index (χ0v) is 21.5. The molecule has 0 fully saturated rings. The lowest BCUT2D eigenvalue weighted by Gasteiger charge is -2.07. The SMILES string of the molecule is CCCCCCCC/C=C\CCCCCCCC(=O)OCCOCCS[S+]([O-])CC(=O)O. The van der Waals surface area contributed by atoms with Crippen LogP contribution < -0.4 is 0 Å². The van der Waals surface area contributed by atoms with Gasteiger partial charge in [-0.15, -0.1) is 0 Å². The molecule has 0 spiro atoms. The third kappa shape index (κ3) is 25.6. The summed E-state index contributed by atoms with van der Waals surface area (Å²) in [6.07, 6.45) is 21.1. The van der Waals surface area contributed by atoms with Crippen LogP contribution in [0.1, 0.15) is 96.8 Å². The van der Waals surface area contributed by atoms with E-state index in [2.05, 4.69) is 19.1 Å². The van der Waals surface area contributed by atoms with E-state index in [9.17, 15) is 14.1 Å². The fraction of sp³-hybridized carbons (Fsp3) is 0.833. The molecule has 32 heavy (non-hydrogen) atoms. The summed E-state index contributed by atoms with van der Waals surface area (Å²) in [5.41, 5.74) is 0. The van der Waals surface area contributed by atoms with Crippen molar-refractivity contribution < 1.29 is 28.7 Å². The van der Waals surface area contributed by atoms with E-state index in [0.29, 0.717) is 25.4 Å². The second-order valence-electron chi connectivity index (χ2n) is 7.83. The van der Waals surface area contributed by atoms with E-state index in [1.165, 1.54) is 57.8 Å². The molecule has 0 aromatic carbocycles. The molecular weight excluding hydrogens is 448 g/mol. The van der Waals surface area contributed by atoms with Gasteiger partial charge < -0.3 is 19.1 Å². The predicted octanol–water partition coefficient (Wildman–Crippen LogP) is 6.07. The molecule has 1 atom stereocenters. The average molecular weight is 493 g/mol. The summed E-state index contributed by atoms with van der Waals surface area (Å²) in [5.74, 6) is -1.18. The Kier molecular flexibility index (Phi) is 24.4. The highest BCUT2D eigenvalue weighted by molar-refractivity contribution is 8.72. The van der Waals surface area contributed by atoms with Crippen molar-refractivity contribution >= 4 is 32.9 Å². The van der Waals surface area contributed by atoms with Crippen molar-refractivity contribution in [2.45, 2.75) is 96.8 Å². The van der Waals surface area contributed by atoms with E-state index < -0.39 is 16.2 Å². The highest BCUT2D eigenvalue weighted by Gasteiger charge is 2.13. The average Bonchev–Trinajstić information content (AvgIpc) is 2.75. The van der Waals surface area contributed by atoms with Crippen LogP contribution in [0.25, 0.3) is 0 Å². The van der Waals surface area contributed by atoms with Crippen LogP contribution in [-0.2, 0) is 29.3 Å². The Balaban J connectivity index is 3.28. The van der Waals surface area contributed by atoms with Crippen molar-refractivity contribution in [1.29, 1.82) is 0 Å². The first-order valence-corrected chi connectivity index (χ1v) is 15.0. The van der Waals surface area contributed by atoms with Crippen molar-refractivity contribution in [3.05, 3.63) is 12.2 Å². The lowest BCUT2D eigenvalue weighted by molar-refractivity contribution is -0.145. The summed E-state index contributed by atoms with van der Waals surface area (Å²) >= 11 is 0. The Morgan fingerprint density at radius 3 is 2.09 bits per heavy atom. The maximum atomic E-state index is 11.7. The fourth-order valence-electron chi connectivity index (χ4n) is 3.06. The molecule has 1 N–H and O–H groups in total. The molecule has 0 aromatic heterocycles. The Hall–Kier alpha value is -0.700. The minimum absolute atomic E-state index is 0.192. The molecule has 0 heterocycles. The van der Waals surface area contributed by atoms with Gasteiger partial charge in [-0.05, 0) is 32.1 Å². The third-order valence-electron chi connectivity index (χ3n) is 4.82. The van der Waals surface area contributed by atoms with Gasteiger partial charge in [-0.25, -0.2) is 4.79 Å². The van der Waals surface area contributed by atoms with Gasteiger partial charge >= 0.3 is 11.9 Å². The van der Waals surface area contributed by atoms with Gasteiger partial charge in [-0.3, -0.25) is 4.79 Å². The van der Waals surface area contributed by atoms with Gasteiger partial charge in [0.1, 0.15) is 6.61 Å². The van der Waals surface area contributed by atoms with E-state index in [-0.39, 0.29) is 18.3 Å². The maximum Gasteiger partial charge on any atom is 0.355 e. The van der Waals surface area contributed by atoms with Gasteiger partial charge in [0.05, 0.1) is 29.8 Å².